The lowest BCUT2D eigenvalue weighted by molar-refractivity contribution is -0.142. The normalized spacial score (nSPS) is 13.4. The van der Waals surface area contributed by atoms with E-state index in [-0.39, 0.29) is 11.3 Å². The molecule has 1 aromatic rings. The van der Waals surface area contributed by atoms with Crippen LogP contribution in [0, 0.1) is 5.92 Å². The summed E-state index contributed by atoms with van der Waals surface area (Å²) in [7, 11) is 0. The van der Waals surface area contributed by atoms with Crippen LogP contribution in [-0.4, -0.2) is 11.1 Å². The van der Waals surface area contributed by atoms with Gasteiger partial charge in [0.1, 0.15) is 0 Å². The number of benzene rings is 1. The molecule has 0 aliphatic carbocycles. The van der Waals surface area contributed by atoms with Crippen molar-refractivity contribution in [1.82, 2.24) is 0 Å². The van der Waals surface area contributed by atoms with Crippen LogP contribution in [-0.2, 0) is 10.2 Å². The highest BCUT2D eigenvalue weighted by atomic mass is 16.4. The maximum Gasteiger partial charge on any atom is 0.306 e. The Morgan fingerprint density at radius 2 is 1.88 bits per heavy atom. The van der Waals surface area contributed by atoms with Gasteiger partial charge in [0.05, 0.1) is 5.92 Å². The lowest BCUT2D eigenvalue weighted by Gasteiger charge is -2.28. The summed E-state index contributed by atoms with van der Waals surface area (Å²) < 4.78 is 0. The van der Waals surface area contributed by atoms with Gasteiger partial charge in [-0.2, -0.15) is 0 Å². The Hall–Kier alpha value is -1.31. The maximum atomic E-state index is 11.0. The summed E-state index contributed by atoms with van der Waals surface area (Å²) >= 11 is 0. The monoisotopic (exact) mass is 220 g/mol. The molecular formula is C14H20O2. The third-order valence-corrected chi connectivity index (χ3v) is 3.15. The first-order chi connectivity index (χ1) is 7.47. The van der Waals surface area contributed by atoms with Gasteiger partial charge in [0.15, 0.2) is 0 Å². The Morgan fingerprint density at radius 3 is 2.31 bits per heavy atom. The minimum absolute atomic E-state index is 0.0830. The molecule has 16 heavy (non-hydrogen) atoms. The van der Waals surface area contributed by atoms with Gasteiger partial charge in [-0.1, -0.05) is 51.1 Å². The Kier molecular flexibility index (Phi) is 4.11. The van der Waals surface area contributed by atoms with Gasteiger partial charge in [-0.05, 0) is 23.8 Å². The van der Waals surface area contributed by atoms with Gasteiger partial charge in [0.2, 0.25) is 0 Å². The third kappa shape index (κ3) is 3.09. The predicted octanol–water partition coefficient (Wildman–Crippen LogP) is 3.47. The smallest absolute Gasteiger partial charge is 0.306 e. The van der Waals surface area contributed by atoms with Crippen molar-refractivity contribution in [2.45, 2.75) is 39.0 Å². The van der Waals surface area contributed by atoms with Crippen LogP contribution in [0.3, 0.4) is 0 Å². The average molecular weight is 220 g/mol. The van der Waals surface area contributed by atoms with E-state index < -0.39 is 5.97 Å². The highest BCUT2D eigenvalue weighted by Gasteiger charge is 2.27. The van der Waals surface area contributed by atoms with Crippen molar-refractivity contribution in [3.8, 4) is 0 Å². The summed E-state index contributed by atoms with van der Waals surface area (Å²) in [5, 5.41) is 9.08. The molecule has 1 unspecified atom stereocenters. The van der Waals surface area contributed by atoms with E-state index in [9.17, 15) is 4.79 Å². The quantitative estimate of drug-likeness (QED) is 0.825. The summed E-state index contributed by atoms with van der Waals surface area (Å²) in [6.45, 7) is 6.14. The Bertz CT molecular complexity index is 341. The van der Waals surface area contributed by atoms with Gasteiger partial charge in [0.25, 0.3) is 0 Å². The van der Waals surface area contributed by atoms with Gasteiger partial charge in [-0.25, -0.2) is 0 Å². The predicted molar refractivity (Wildman–Crippen MR) is 65.5 cm³/mol. The molecule has 0 radical (unpaired) electrons. The van der Waals surface area contributed by atoms with Crippen molar-refractivity contribution >= 4 is 5.97 Å². The highest BCUT2D eigenvalue weighted by molar-refractivity contribution is 5.70. The molecule has 1 atom stereocenters. The van der Waals surface area contributed by atoms with Crippen molar-refractivity contribution in [2.75, 3.05) is 0 Å². The molecule has 0 spiro atoms. The van der Waals surface area contributed by atoms with Crippen LogP contribution in [0.25, 0.3) is 0 Å². The SMILES string of the molecule is CCC(CC(C)(C)c1ccccc1)C(=O)O. The molecule has 1 rings (SSSR count). The minimum Gasteiger partial charge on any atom is -0.481 e. The number of carbonyl (C=O) groups is 1. The van der Waals surface area contributed by atoms with E-state index in [2.05, 4.69) is 26.0 Å². The zero-order chi connectivity index (χ0) is 12.2. The molecule has 0 saturated carbocycles. The van der Waals surface area contributed by atoms with Crippen molar-refractivity contribution in [2.24, 2.45) is 5.92 Å². The van der Waals surface area contributed by atoms with E-state index in [0.29, 0.717) is 12.8 Å². The first kappa shape index (κ1) is 12.8. The van der Waals surface area contributed by atoms with E-state index in [0.717, 1.165) is 0 Å². The van der Waals surface area contributed by atoms with Gasteiger partial charge in [0, 0.05) is 0 Å². The Morgan fingerprint density at radius 1 is 1.31 bits per heavy atom. The largest absolute Gasteiger partial charge is 0.481 e. The second kappa shape index (κ2) is 5.15. The summed E-state index contributed by atoms with van der Waals surface area (Å²) in [6.07, 6.45) is 1.37. The fourth-order valence-corrected chi connectivity index (χ4v) is 2.03. The molecule has 2 heteroatoms. The molecule has 0 saturated heterocycles. The van der Waals surface area contributed by atoms with E-state index in [1.165, 1.54) is 5.56 Å². The molecule has 1 N–H and O–H groups in total. The maximum absolute atomic E-state index is 11.0. The Balaban J connectivity index is 2.82. The average Bonchev–Trinajstić information content (AvgIpc) is 2.27. The van der Waals surface area contributed by atoms with Crippen LogP contribution in [0.15, 0.2) is 30.3 Å². The van der Waals surface area contributed by atoms with E-state index >= 15 is 0 Å². The summed E-state index contributed by atoms with van der Waals surface area (Å²) in [6, 6.07) is 10.1. The first-order valence-electron chi connectivity index (χ1n) is 5.75. The number of carboxylic acids is 1. The molecule has 0 aromatic heterocycles. The summed E-state index contributed by atoms with van der Waals surface area (Å²) in [4.78, 5) is 11.0. The molecule has 0 bridgehead atoms. The number of aliphatic carboxylic acids is 1. The van der Waals surface area contributed by atoms with Crippen LogP contribution < -0.4 is 0 Å². The third-order valence-electron chi connectivity index (χ3n) is 3.15. The number of hydrogen-bond donors (Lipinski definition) is 1. The van der Waals surface area contributed by atoms with Gasteiger partial charge in [-0.3, -0.25) is 4.79 Å². The van der Waals surface area contributed by atoms with Gasteiger partial charge in [-0.15, -0.1) is 0 Å². The van der Waals surface area contributed by atoms with Crippen LogP contribution in [0.2, 0.25) is 0 Å². The number of carboxylic acid groups (broad SMARTS) is 1. The molecule has 0 heterocycles. The van der Waals surface area contributed by atoms with Gasteiger partial charge >= 0.3 is 5.97 Å². The molecule has 1 aromatic carbocycles. The zero-order valence-corrected chi connectivity index (χ0v) is 10.2. The highest BCUT2D eigenvalue weighted by Crippen LogP contribution is 2.31. The molecule has 2 nitrogen and oxygen atoms in total. The van der Waals surface area contributed by atoms with Crippen LogP contribution in [0.5, 0.6) is 0 Å². The topological polar surface area (TPSA) is 37.3 Å². The van der Waals surface area contributed by atoms with Crippen molar-refractivity contribution < 1.29 is 9.90 Å². The van der Waals surface area contributed by atoms with Crippen molar-refractivity contribution in [3.05, 3.63) is 35.9 Å². The van der Waals surface area contributed by atoms with E-state index in [1.807, 2.05) is 25.1 Å². The lowest BCUT2D eigenvalue weighted by Crippen LogP contribution is -2.25. The van der Waals surface area contributed by atoms with Crippen molar-refractivity contribution in [3.63, 3.8) is 0 Å². The van der Waals surface area contributed by atoms with Crippen LogP contribution in [0.4, 0.5) is 0 Å². The first-order valence-corrected chi connectivity index (χ1v) is 5.75. The molecule has 0 aliphatic rings. The lowest BCUT2D eigenvalue weighted by atomic mass is 9.76. The summed E-state index contributed by atoms with van der Waals surface area (Å²) in [5.74, 6) is -0.943. The summed E-state index contributed by atoms with van der Waals surface area (Å²) in [5.41, 5.74) is 1.12. The molecular weight excluding hydrogens is 200 g/mol. The van der Waals surface area contributed by atoms with E-state index in [4.69, 9.17) is 5.11 Å². The molecule has 88 valence electrons. The van der Waals surface area contributed by atoms with Crippen LogP contribution >= 0.6 is 0 Å². The fourth-order valence-electron chi connectivity index (χ4n) is 2.03. The van der Waals surface area contributed by atoms with E-state index in [1.54, 1.807) is 0 Å². The second-order valence-electron chi connectivity index (χ2n) is 4.90. The second-order valence-corrected chi connectivity index (χ2v) is 4.90. The van der Waals surface area contributed by atoms with Crippen LogP contribution in [0.1, 0.15) is 39.2 Å². The Labute approximate surface area is 97.3 Å². The van der Waals surface area contributed by atoms with Gasteiger partial charge < -0.3 is 5.11 Å². The molecule has 0 fully saturated rings. The molecule has 0 aliphatic heterocycles. The number of hydrogen-bond acceptors (Lipinski definition) is 1. The number of rotatable bonds is 5. The fraction of sp³-hybridized carbons (Fsp3) is 0.500. The van der Waals surface area contributed by atoms with Crippen molar-refractivity contribution in [1.29, 1.82) is 0 Å². The standard InChI is InChI=1S/C14H20O2/c1-4-11(13(15)16)10-14(2,3)12-8-6-5-7-9-12/h5-9,11H,4,10H2,1-3H3,(H,15,16). The minimum atomic E-state index is -0.688. The molecule has 0 amide bonds. The zero-order valence-electron chi connectivity index (χ0n) is 10.2.